The van der Waals surface area contributed by atoms with Gasteiger partial charge in [0.2, 0.25) is 0 Å². The molecule has 1 aliphatic rings. The Morgan fingerprint density at radius 3 is 3.04 bits per heavy atom. The van der Waals surface area contributed by atoms with E-state index in [0.717, 1.165) is 47.4 Å². The monoisotopic (exact) mass is 341 g/mol. The molecule has 0 aliphatic carbocycles. The number of aromatic amines is 1. The molecule has 3 aromatic rings. The van der Waals surface area contributed by atoms with E-state index in [4.69, 9.17) is 4.74 Å². The molecular formula is C18H19N3O2S. The van der Waals surface area contributed by atoms with E-state index in [-0.39, 0.29) is 5.91 Å². The second-order valence-corrected chi connectivity index (χ2v) is 6.98. The number of thiazole rings is 1. The van der Waals surface area contributed by atoms with Crippen molar-refractivity contribution in [2.75, 3.05) is 19.8 Å². The van der Waals surface area contributed by atoms with Crippen molar-refractivity contribution < 1.29 is 9.53 Å². The number of benzene rings is 1. The summed E-state index contributed by atoms with van der Waals surface area (Å²) in [7, 11) is 0. The Labute approximate surface area is 144 Å². The van der Waals surface area contributed by atoms with E-state index in [9.17, 15) is 4.79 Å². The molecule has 4 rings (SSSR count). The number of ether oxygens (including phenoxy) is 1. The van der Waals surface area contributed by atoms with Crippen LogP contribution in [-0.2, 0) is 4.74 Å². The Bertz CT molecular complexity index is 835. The Balaban J connectivity index is 1.59. The van der Waals surface area contributed by atoms with Crippen molar-refractivity contribution in [2.24, 2.45) is 5.92 Å². The lowest BCUT2D eigenvalue weighted by Gasteiger charge is -2.22. The molecule has 1 amide bonds. The second kappa shape index (κ2) is 6.75. The number of nitrogens with one attached hydrogen (secondary N) is 2. The van der Waals surface area contributed by atoms with Crippen LogP contribution in [0.25, 0.3) is 21.3 Å². The Morgan fingerprint density at radius 1 is 1.38 bits per heavy atom. The molecule has 1 aliphatic heterocycles. The molecule has 0 bridgehead atoms. The van der Waals surface area contributed by atoms with Crippen molar-refractivity contribution in [1.29, 1.82) is 0 Å². The summed E-state index contributed by atoms with van der Waals surface area (Å²) in [5, 5.41) is 4.05. The molecule has 6 heteroatoms. The van der Waals surface area contributed by atoms with E-state index in [2.05, 4.69) is 21.4 Å². The minimum absolute atomic E-state index is 0.0162. The van der Waals surface area contributed by atoms with Gasteiger partial charge in [-0.25, -0.2) is 0 Å². The van der Waals surface area contributed by atoms with Crippen LogP contribution in [0.2, 0.25) is 0 Å². The highest BCUT2D eigenvalue weighted by atomic mass is 32.1. The van der Waals surface area contributed by atoms with Crippen molar-refractivity contribution in [3.05, 3.63) is 41.7 Å². The average Bonchev–Trinajstić information content (AvgIpc) is 3.30. The van der Waals surface area contributed by atoms with Gasteiger partial charge in [0.15, 0.2) is 0 Å². The van der Waals surface area contributed by atoms with Crippen LogP contribution in [0.5, 0.6) is 0 Å². The lowest BCUT2D eigenvalue weighted by molar-refractivity contribution is 0.0643. The molecule has 24 heavy (non-hydrogen) atoms. The van der Waals surface area contributed by atoms with Gasteiger partial charge >= 0.3 is 0 Å². The van der Waals surface area contributed by atoms with E-state index in [1.165, 1.54) is 0 Å². The third kappa shape index (κ3) is 3.07. The Hall–Kier alpha value is -2.18. The van der Waals surface area contributed by atoms with E-state index >= 15 is 0 Å². The number of rotatable bonds is 4. The number of nitrogens with zero attached hydrogens (tertiary/aromatic N) is 1. The van der Waals surface area contributed by atoms with Crippen LogP contribution >= 0.6 is 11.3 Å². The molecule has 1 saturated heterocycles. The van der Waals surface area contributed by atoms with Gasteiger partial charge < -0.3 is 15.0 Å². The molecule has 124 valence electrons. The predicted octanol–water partition coefficient (Wildman–Crippen LogP) is 3.45. The van der Waals surface area contributed by atoms with Gasteiger partial charge in [0.25, 0.3) is 5.91 Å². The van der Waals surface area contributed by atoms with Gasteiger partial charge in [0.1, 0.15) is 0 Å². The quantitative estimate of drug-likeness (QED) is 0.764. The van der Waals surface area contributed by atoms with Gasteiger partial charge in [0, 0.05) is 48.6 Å². The minimum Gasteiger partial charge on any atom is -0.381 e. The van der Waals surface area contributed by atoms with E-state index in [0.29, 0.717) is 18.0 Å². The third-order valence-electron chi connectivity index (χ3n) is 4.52. The molecule has 0 radical (unpaired) electrons. The first kappa shape index (κ1) is 15.4. The minimum atomic E-state index is -0.0162. The molecule has 1 aromatic carbocycles. The first-order chi connectivity index (χ1) is 11.8. The molecule has 1 fully saturated rings. The Morgan fingerprint density at radius 2 is 2.25 bits per heavy atom. The lowest BCUT2D eigenvalue weighted by atomic mass is 10.00. The fraction of sp³-hybridized carbons (Fsp3) is 0.333. The topological polar surface area (TPSA) is 67.0 Å². The number of carbonyl (C=O) groups excluding carboxylic acids is 1. The highest BCUT2D eigenvalue weighted by Crippen LogP contribution is 2.29. The first-order valence-corrected chi connectivity index (χ1v) is 9.05. The van der Waals surface area contributed by atoms with Crippen LogP contribution in [0.1, 0.15) is 23.2 Å². The summed E-state index contributed by atoms with van der Waals surface area (Å²) in [6.45, 7) is 2.30. The maximum atomic E-state index is 12.8. The van der Waals surface area contributed by atoms with Gasteiger partial charge in [-0.05, 0) is 42.5 Å². The van der Waals surface area contributed by atoms with Gasteiger partial charge in [-0.2, -0.15) is 0 Å². The van der Waals surface area contributed by atoms with Crippen LogP contribution in [-0.4, -0.2) is 35.6 Å². The largest absolute Gasteiger partial charge is 0.381 e. The predicted molar refractivity (Wildman–Crippen MR) is 95.3 cm³/mol. The summed E-state index contributed by atoms with van der Waals surface area (Å²) >= 11 is 1.57. The van der Waals surface area contributed by atoms with Crippen molar-refractivity contribution in [1.82, 2.24) is 15.3 Å². The van der Waals surface area contributed by atoms with Crippen LogP contribution in [0.15, 0.2) is 36.1 Å². The van der Waals surface area contributed by atoms with E-state index < -0.39 is 0 Å². The molecule has 5 nitrogen and oxygen atoms in total. The second-order valence-electron chi connectivity index (χ2n) is 6.09. The van der Waals surface area contributed by atoms with Gasteiger partial charge in [-0.15, -0.1) is 11.3 Å². The summed E-state index contributed by atoms with van der Waals surface area (Å²) in [5.74, 6) is 0.492. The molecule has 0 saturated carbocycles. The van der Waals surface area contributed by atoms with Gasteiger partial charge in [-0.3, -0.25) is 9.78 Å². The summed E-state index contributed by atoms with van der Waals surface area (Å²) in [6.07, 6.45) is 5.73. The van der Waals surface area contributed by atoms with Gasteiger partial charge in [-0.1, -0.05) is 0 Å². The Kier molecular flexibility index (Phi) is 4.32. The molecule has 2 aromatic heterocycles. The maximum Gasteiger partial charge on any atom is 0.252 e. The first-order valence-electron chi connectivity index (χ1n) is 8.17. The number of amides is 1. The zero-order valence-electron chi connectivity index (χ0n) is 13.2. The van der Waals surface area contributed by atoms with Crippen LogP contribution < -0.4 is 5.32 Å². The fourth-order valence-electron chi connectivity index (χ4n) is 3.14. The van der Waals surface area contributed by atoms with Crippen LogP contribution in [0, 0.1) is 5.92 Å². The zero-order valence-corrected chi connectivity index (χ0v) is 14.1. The normalized spacial score (nSPS) is 15.7. The third-order valence-corrected chi connectivity index (χ3v) is 5.34. The van der Waals surface area contributed by atoms with E-state index in [1.54, 1.807) is 16.8 Å². The highest BCUT2D eigenvalue weighted by molar-refractivity contribution is 7.13. The smallest absolute Gasteiger partial charge is 0.252 e. The molecule has 0 spiro atoms. The van der Waals surface area contributed by atoms with Crippen molar-refractivity contribution >= 4 is 28.1 Å². The van der Waals surface area contributed by atoms with Crippen molar-refractivity contribution in [2.45, 2.75) is 12.8 Å². The summed E-state index contributed by atoms with van der Waals surface area (Å²) in [6, 6.07) is 5.98. The van der Waals surface area contributed by atoms with E-state index in [1.807, 2.05) is 24.5 Å². The SMILES string of the molecule is O=C(NCC1CCOCC1)c1cc(-c2cncs2)cc2[nH]ccc12. The molecule has 0 atom stereocenters. The van der Waals surface area contributed by atoms with Crippen LogP contribution in [0.4, 0.5) is 0 Å². The number of aromatic nitrogens is 2. The number of fused-ring (bicyclic) bond motifs is 1. The number of carbonyl (C=O) groups is 1. The highest BCUT2D eigenvalue weighted by Gasteiger charge is 2.17. The summed E-state index contributed by atoms with van der Waals surface area (Å²) in [5.41, 5.74) is 4.50. The number of H-pyrrole nitrogens is 1. The van der Waals surface area contributed by atoms with Crippen LogP contribution in [0.3, 0.4) is 0 Å². The average molecular weight is 341 g/mol. The molecule has 2 N–H and O–H groups in total. The zero-order chi connectivity index (χ0) is 16.4. The lowest BCUT2D eigenvalue weighted by Crippen LogP contribution is -2.32. The number of hydrogen-bond acceptors (Lipinski definition) is 4. The van der Waals surface area contributed by atoms with Crippen molar-refractivity contribution in [3.8, 4) is 10.4 Å². The van der Waals surface area contributed by atoms with Gasteiger partial charge in [0.05, 0.1) is 10.4 Å². The van der Waals surface area contributed by atoms with Crippen molar-refractivity contribution in [3.63, 3.8) is 0 Å². The molecule has 0 unspecified atom stereocenters. The standard InChI is InChI=1S/C18H19N3O2S/c22-18(21-9-12-2-5-23-6-3-12)15-7-13(17-10-19-11-24-17)8-16-14(15)1-4-20-16/h1,4,7-8,10-12,20H,2-3,5-6,9H2,(H,21,22). The fourth-order valence-corrected chi connectivity index (χ4v) is 3.75. The number of hydrogen-bond donors (Lipinski definition) is 2. The summed E-state index contributed by atoms with van der Waals surface area (Å²) in [4.78, 5) is 21.2. The maximum absolute atomic E-state index is 12.8. The molecular weight excluding hydrogens is 322 g/mol. The molecule has 3 heterocycles. The summed E-state index contributed by atoms with van der Waals surface area (Å²) < 4.78 is 5.37.